The van der Waals surface area contributed by atoms with Crippen LogP contribution in [0, 0.1) is 11.3 Å². The van der Waals surface area contributed by atoms with Crippen molar-refractivity contribution in [3.63, 3.8) is 0 Å². The number of carbonyl (C=O) groups is 1. The van der Waals surface area contributed by atoms with Crippen molar-refractivity contribution in [3.8, 4) is 11.8 Å². The predicted octanol–water partition coefficient (Wildman–Crippen LogP) is 5.44. The first-order valence-electron chi connectivity index (χ1n) is 9.96. The number of imidazole rings is 1. The van der Waals surface area contributed by atoms with Crippen LogP contribution in [0.1, 0.15) is 21.7 Å². The standard InChI is InChI=1S/C25H18ClN3O4/c26-17-11-9-16(10-12-17)14-32-23-8-4-1-5-18(23)25(31)33-15-22(30)19(13-27)24-28-20-6-2-3-7-21(20)29-24/h1-12,30H,14-15H2,(H,28,29)/b22-19-. The molecule has 4 rings (SSSR count). The number of H-pyrrole nitrogens is 1. The normalized spacial score (nSPS) is 11.5. The van der Waals surface area contributed by atoms with E-state index in [1.54, 1.807) is 48.5 Å². The van der Waals surface area contributed by atoms with Gasteiger partial charge in [-0.2, -0.15) is 5.26 Å². The fourth-order valence-corrected chi connectivity index (χ4v) is 3.24. The van der Waals surface area contributed by atoms with Gasteiger partial charge in [0.2, 0.25) is 0 Å². The van der Waals surface area contributed by atoms with Crippen molar-refractivity contribution in [1.82, 2.24) is 9.97 Å². The molecule has 2 N–H and O–H groups in total. The molecular weight excluding hydrogens is 442 g/mol. The first kappa shape index (κ1) is 21.9. The first-order valence-corrected chi connectivity index (χ1v) is 10.3. The van der Waals surface area contributed by atoms with Gasteiger partial charge in [0.15, 0.2) is 11.6 Å². The van der Waals surface area contributed by atoms with Gasteiger partial charge in [-0.05, 0) is 42.0 Å². The molecule has 0 saturated carbocycles. The molecule has 4 aromatic rings. The molecule has 0 atom stereocenters. The zero-order valence-electron chi connectivity index (χ0n) is 17.3. The summed E-state index contributed by atoms with van der Waals surface area (Å²) in [7, 11) is 0. The number of aromatic amines is 1. The highest BCUT2D eigenvalue weighted by atomic mass is 35.5. The lowest BCUT2D eigenvalue weighted by atomic mass is 10.2. The second-order valence-corrected chi connectivity index (χ2v) is 7.46. The predicted molar refractivity (Wildman–Crippen MR) is 124 cm³/mol. The maximum atomic E-state index is 12.7. The number of rotatable bonds is 7. The number of halogens is 1. The van der Waals surface area contributed by atoms with Gasteiger partial charge in [-0.25, -0.2) is 9.78 Å². The van der Waals surface area contributed by atoms with E-state index in [1.165, 1.54) is 0 Å². The van der Waals surface area contributed by atoms with Gasteiger partial charge < -0.3 is 19.6 Å². The van der Waals surface area contributed by atoms with Crippen molar-refractivity contribution in [3.05, 3.63) is 101 Å². The highest BCUT2D eigenvalue weighted by Crippen LogP contribution is 2.22. The largest absolute Gasteiger partial charge is 0.507 e. The average molecular weight is 460 g/mol. The van der Waals surface area contributed by atoms with Gasteiger partial charge in [0.05, 0.1) is 11.0 Å². The molecule has 1 aromatic heterocycles. The molecule has 0 amide bonds. The van der Waals surface area contributed by atoms with Gasteiger partial charge in [0.1, 0.15) is 36.2 Å². The zero-order valence-corrected chi connectivity index (χ0v) is 18.0. The van der Waals surface area contributed by atoms with Crippen molar-refractivity contribution in [2.75, 3.05) is 6.61 Å². The van der Waals surface area contributed by atoms with E-state index >= 15 is 0 Å². The molecular formula is C25H18ClN3O4. The van der Waals surface area contributed by atoms with Crippen molar-refractivity contribution in [1.29, 1.82) is 5.26 Å². The van der Waals surface area contributed by atoms with Crippen LogP contribution in [0.2, 0.25) is 5.02 Å². The van der Waals surface area contributed by atoms with Crippen LogP contribution in [0.3, 0.4) is 0 Å². The number of fused-ring (bicyclic) bond motifs is 1. The van der Waals surface area contributed by atoms with Gasteiger partial charge in [0.25, 0.3) is 0 Å². The molecule has 164 valence electrons. The van der Waals surface area contributed by atoms with E-state index in [2.05, 4.69) is 9.97 Å². The van der Waals surface area contributed by atoms with E-state index in [4.69, 9.17) is 21.1 Å². The minimum absolute atomic E-state index is 0.105. The average Bonchev–Trinajstić information content (AvgIpc) is 3.26. The molecule has 0 aliphatic carbocycles. The van der Waals surface area contributed by atoms with Crippen LogP contribution in [0.5, 0.6) is 5.75 Å². The summed E-state index contributed by atoms with van der Waals surface area (Å²) in [5.74, 6) is -0.586. The summed E-state index contributed by atoms with van der Waals surface area (Å²) in [6.45, 7) is -0.262. The summed E-state index contributed by atoms with van der Waals surface area (Å²) in [6.07, 6.45) is 0. The molecule has 0 radical (unpaired) electrons. The third kappa shape index (κ3) is 5.14. The van der Waals surface area contributed by atoms with Gasteiger partial charge in [0, 0.05) is 5.02 Å². The molecule has 1 heterocycles. The Kier molecular flexibility index (Phi) is 6.58. The third-order valence-corrected chi connectivity index (χ3v) is 5.03. The lowest BCUT2D eigenvalue weighted by Gasteiger charge is -2.11. The number of aliphatic hydroxyl groups is 1. The number of nitrogens with zero attached hydrogens (tertiary/aromatic N) is 2. The lowest BCUT2D eigenvalue weighted by Crippen LogP contribution is -2.11. The van der Waals surface area contributed by atoms with Gasteiger partial charge >= 0.3 is 5.97 Å². The molecule has 33 heavy (non-hydrogen) atoms. The molecule has 8 heteroatoms. The number of nitriles is 1. The summed E-state index contributed by atoms with van der Waals surface area (Å²) < 4.78 is 11.0. The van der Waals surface area contributed by atoms with E-state index in [0.717, 1.165) is 11.1 Å². The number of aromatic nitrogens is 2. The molecule has 7 nitrogen and oxygen atoms in total. The van der Waals surface area contributed by atoms with Crippen molar-refractivity contribution >= 4 is 34.2 Å². The van der Waals surface area contributed by atoms with E-state index in [1.807, 2.05) is 30.3 Å². The van der Waals surface area contributed by atoms with Crippen LogP contribution in [0.15, 0.2) is 78.6 Å². The van der Waals surface area contributed by atoms with E-state index in [-0.39, 0.29) is 23.6 Å². The monoisotopic (exact) mass is 459 g/mol. The van der Waals surface area contributed by atoms with Crippen LogP contribution in [-0.4, -0.2) is 27.7 Å². The summed E-state index contributed by atoms with van der Waals surface area (Å²) in [5.41, 5.74) is 2.34. The second-order valence-electron chi connectivity index (χ2n) is 7.02. The van der Waals surface area contributed by atoms with Crippen LogP contribution in [-0.2, 0) is 11.3 Å². The van der Waals surface area contributed by atoms with E-state index in [0.29, 0.717) is 16.3 Å². The second kappa shape index (κ2) is 9.90. The number of hydrogen-bond acceptors (Lipinski definition) is 6. The molecule has 0 spiro atoms. The van der Waals surface area contributed by atoms with Gasteiger partial charge in [-0.3, -0.25) is 0 Å². The topological polar surface area (TPSA) is 108 Å². The first-order chi connectivity index (χ1) is 16.0. The Hall–Kier alpha value is -4.28. The Morgan fingerprint density at radius 1 is 1.06 bits per heavy atom. The maximum absolute atomic E-state index is 12.7. The number of aliphatic hydroxyl groups excluding tert-OH is 1. The van der Waals surface area contributed by atoms with Crippen LogP contribution in [0.4, 0.5) is 0 Å². The SMILES string of the molecule is N#C/C(=C(/O)COC(=O)c1ccccc1OCc1ccc(Cl)cc1)c1nc2ccccc2[nH]1. The minimum atomic E-state index is -0.699. The summed E-state index contributed by atoms with van der Waals surface area (Å²) in [5, 5.41) is 20.5. The number of ether oxygens (including phenoxy) is 2. The summed E-state index contributed by atoms with van der Waals surface area (Å²) in [4.78, 5) is 19.9. The fourth-order valence-electron chi connectivity index (χ4n) is 3.11. The highest BCUT2D eigenvalue weighted by molar-refractivity contribution is 6.30. The molecule has 0 unspecified atom stereocenters. The smallest absolute Gasteiger partial charge is 0.342 e. The molecule has 0 fully saturated rings. The maximum Gasteiger partial charge on any atom is 0.342 e. The number of para-hydroxylation sites is 3. The van der Waals surface area contributed by atoms with Gasteiger partial charge in [-0.15, -0.1) is 0 Å². The van der Waals surface area contributed by atoms with Crippen molar-refractivity contribution < 1.29 is 19.4 Å². The van der Waals surface area contributed by atoms with Crippen LogP contribution < -0.4 is 4.74 Å². The summed E-state index contributed by atoms with van der Waals surface area (Å²) in [6, 6.07) is 22.9. The molecule has 0 aliphatic rings. The molecule has 0 bridgehead atoms. The Morgan fingerprint density at radius 2 is 1.79 bits per heavy atom. The Bertz CT molecular complexity index is 1340. The Morgan fingerprint density at radius 3 is 2.55 bits per heavy atom. The van der Waals surface area contributed by atoms with Crippen molar-refractivity contribution in [2.24, 2.45) is 0 Å². The molecule has 0 aliphatic heterocycles. The minimum Gasteiger partial charge on any atom is -0.507 e. The number of benzene rings is 3. The van der Waals surface area contributed by atoms with Crippen molar-refractivity contribution in [2.45, 2.75) is 6.61 Å². The fraction of sp³-hybridized carbons (Fsp3) is 0.0800. The zero-order chi connectivity index (χ0) is 23.2. The van der Waals surface area contributed by atoms with Gasteiger partial charge in [-0.1, -0.05) is 48.0 Å². The van der Waals surface area contributed by atoms with E-state index < -0.39 is 18.3 Å². The lowest BCUT2D eigenvalue weighted by molar-refractivity contribution is 0.0497. The Labute approximate surface area is 194 Å². The number of esters is 1. The number of allylic oxidation sites excluding steroid dienone is 1. The highest BCUT2D eigenvalue weighted by Gasteiger charge is 2.18. The van der Waals surface area contributed by atoms with Crippen LogP contribution >= 0.6 is 11.6 Å². The molecule has 0 saturated heterocycles. The third-order valence-electron chi connectivity index (χ3n) is 4.78. The molecule has 3 aromatic carbocycles. The van der Waals surface area contributed by atoms with E-state index in [9.17, 15) is 15.2 Å². The Balaban J connectivity index is 1.46. The summed E-state index contributed by atoms with van der Waals surface area (Å²) >= 11 is 5.90. The number of carbonyl (C=O) groups excluding carboxylic acids is 1. The quantitative estimate of drug-likeness (QED) is 0.216. The number of hydrogen-bond donors (Lipinski definition) is 2. The number of nitrogens with one attached hydrogen (secondary N) is 1. The van der Waals surface area contributed by atoms with Crippen LogP contribution in [0.25, 0.3) is 16.6 Å².